The lowest BCUT2D eigenvalue weighted by Gasteiger charge is -2.07. The number of carbonyl (C=O) groups is 1. The van der Waals surface area contributed by atoms with Gasteiger partial charge < -0.3 is 9.67 Å². The molecule has 6 nitrogen and oxygen atoms in total. The second-order valence-electron chi connectivity index (χ2n) is 6.05. The summed E-state index contributed by atoms with van der Waals surface area (Å²) in [6, 6.07) is 12.5. The van der Waals surface area contributed by atoms with E-state index >= 15 is 0 Å². The summed E-state index contributed by atoms with van der Waals surface area (Å²) in [5.74, 6) is -0.939. The van der Waals surface area contributed by atoms with E-state index in [1.807, 2.05) is 19.1 Å². The van der Waals surface area contributed by atoms with E-state index in [2.05, 4.69) is 10.2 Å². The summed E-state index contributed by atoms with van der Waals surface area (Å²) in [6.07, 6.45) is 0. The van der Waals surface area contributed by atoms with Crippen molar-refractivity contribution in [2.75, 3.05) is 0 Å². The van der Waals surface area contributed by atoms with Crippen LogP contribution in [-0.4, -0.2) is 25.8 Å². The number of carboxylic acid groups (broad SMARTS) is 1. The van der Waals surface area contributed by atoms with Gasteiger partial charge in [-0.25, -0.2) is 5.10 Å². The molecule has 4 aromatic rings. The zero-order chi connectivity index (χ0) is 18.4. The maximum absolute atomic E-state index is 12.1. The minimum absolute atomic E-state index is 0.175. The Morgan fingerprint density at radius 2 is 1.92 bits per heavy atom. The van der Waals surface area contributed by atoms with Gasteiger partial charge in [0.25, 0.3) is 5.56 Å². The molecule has 2 aromatic carbocycles. The monoisotopic (exact) mass is 367 g/mol. The van der Waals surface area contributed by atoms with Crippen molar-refractivity contribution in [3.8, 4) is 11.3 Å². The van der Waals surface area contributed by atoms with Crippen LogP contribution in [0.15, 0.2) is 47.3 Å². The average Bonchev–Trinajstić information content (AvgIpc) is 2.87. The largest absolute Gasteiger partial charge is 0.480 e. The first-order chi connectivity index (χ1) is 12.5. The minimum Gasteiger partial charge on any atom is -0.480 e. The Kier molecular flexibility index (Phi) is 3.77. The lowest BCUT2D eigenvalue weighted by atomic mass is 10.0. The molecule has 26 heavy (non-hydrogen) atoms. The molecule has 0 saturated carbocycles. The van der Waals surface area contributed by atoms with Crippen LogP contribution in [0.5, 0.6) is 0 Å². The number of fused-ring (bicyclic) bond motifs is 2. The Balaban J connectivity index is 2.15. The molecule has 7 heteroatoms. The summed E-state index contributed by atoms with van der Waals surface area (Å²) in [5.41, 5.74) is 2.58. The molecule has 0 aliphatic heterocycles. The molecule has 2 aromatic heterocycles. The van der Waals surface area contributed by atoms with Gasteiger partial charge in [0, 0.05) is 32.6 Å². The molecule has 4 rings (SSSR count). The van der Waals surface area contributed by atoms with Gasteiger partial charge in [-0.2, -0.15) is 5.10 Å². The fourth-order valence-electron chi connectivity index (χ4n) is 3.40. The van der Waals surface area contributed by atoms with Gasteiger partial charge in [-0.05, 0) is 31.2 Å². The summed E-state index contributed by atoms with van der Waals surface area (Å²) in [7, 11) is 0. The normalized spacial score (nSPS) is 11.3. The van der Waals surface area contributed by atoms with Crippen molar-refractivity contribution >= 4 is 39.2 Å². The van der Waals surface area contributed by atoms with Crippen LogP contribution in [0.4, 0.5) is 0 Å². The first kappa shape index (κ1) is 16.4. The predicted molar refractivity (Wildman–Crippen MR) is 101 cm³/mol. The summed E-state index contributed by atoms with van der Waals surface area (Å²) in [4.78, 5) is 23.4. The third-order valence-corrected chi connectivity index (χ3v) is 4.75. The zero-order valence-electron chi connectivity index (χ0n) is 13.8. The number of aromatic nitrogens is 3. The summed E-state index contributed by atoms with van der Waals surface area (Å²) >= 11 is 6.19. The quantitative estimate of drug-likeness (QED) is 0.579. The minimum atomic E-state index is -0.939. The van der Waals surface area contributed by atoms with Gasteiger partial charge in [0.2, 0.25) is 0 Å². The molecule has 0 radical (unpaired) electrons. The maximum atomic E-state index is 12.1. The van der Waals surface area contributed by atoms with Crippen LogP contribution >= 0.6 is 11.6 Å². The molecule has 0 fully saturated rings. The van der Waals surface area contributed by atoms with E-state index in [-0.39, 0.29) is 12.1 Å². The lowest BCUT2D eigenvalue weighted by Crippen LogP contribution is -2.11. The van der Waals surface area contributed by atoms with Crippen molar-refractivity contribution in [2.24, 2.45) is 0 Å². The van der Waals surface area contributed by atoms with Gasteiger partial charge in [-0.15, -0.1) is 0 Å². The second kappa shape index (κ2) is 6.00. The van der Waals surface area contributed by atoms with E-state index in [4.69, 9.17) is 11.6 Å². The highest BCUT2D eigenvalue weighted by Gasteiger charge is 2.20. The number of nitrogens with zero attached hydrogens (tertiary/aromatic N) is 2. The Hall–Kier alpha value is -3.12. The van der Waals surface area contributed by atoms with E-state index < -0.39 is 5.97 Å². The first-order valence-corrected chi connectivity index (χ1v) is 8.33. The molecule has 0 saturated heterocycles. The standard InChI is InChI=1S/C19H14ClN3O3/c1-10-17(18-12-4-2-3-5-13(12)19(26)22-21-18)14-8-11(20)6-7-15(14)23(10)9-16(24)25/h2-8H,9H2,1H3,(H,22,26)(H,24,25). The van der Waals surface area contributed by atoms with Crippen molar-refractivity contribution < 1.29 is 9.90 Å². The molecule has 2 N–H and O–H groups in total. The Bertz CT molecular complexity index is 1240. The number of rotatable bonds is 3. The average molecular weight is 368 g/mol. The Labute approximate surface area is 152 Å². The number of aliphatic carboxylic acids is 1. The number of hydrogen-bond acceptors (Lipinski definition) is 3. The van der Waals surface area contributed by atoms with E-state index in [0.717, 1.165) is 22.2 Å². The number of hydrogen-bond donors (Lipinski definition) is 2. The van der Waals surface area contributed by atoms with Crippen LogP contribution in [0.2, 0.25) is 5.02 Å². The number of benzene rings is 2. The van der Waals surface area contributed by atoms with E-state index in [9.17, 15) is 14.7 Å². The fourth-order valence-corrected chi connectivity index (χ4v) is 3.57. The van der Waals surface area contributed by atoms with Crippen LogP contribution in [0, 0.1) is 6.92 Å². The molecule has 0 atom stereocenters. The first-order valence-electron chi connectivity index (χ1n) is 7.95. The van der Waals surface area contributed by atoms with Crippen LogP contribution in [-0.2, 0) is 11.3 Å². The lowest BCUT2D eigenvalue weighted by molar-refractivity contribution is -0.137. The van der Waals surface area contributed by atoms with Crippen molar-refractivity contribution in [3.05, 3.63) is 63.5 Å². The van der Waals surface area contributed by atoms with Crippen molar-refractivity contribution in [2.45, 2.75) is 13.5 Å². The summed E-state index contributed by atoms with van der Waals surface area (Å²) in [6.45, 7) is 1.67. The van der Waals surface area contributed by atoms with Gasteiger partial charge in [-0.1, -0.05) is 29.8 Å². The van der Waals surface area contributed by atoms with E-state index in [1.54, 1.807) is 34.9 Å². The SMILES string of the molecule is Cc1c(-c2n[nH]c(=O)c3ccccc23)c2cc(Cl)ccc2n1CC(=O)O. The van der Waals surface area contributed by atoms with Gasteiger partial charge in [0.1, 0.15) is 12.2 Å². The molecular formula is C19H14ClN3O3. The van der Waals surface area contributed by atoms with Gasteiger partial charge in [0.15, 0.2) is 0 Å². The summed E-state index contributed by atoms with van der Waals surface area (Å²) in [5, 5.41) is 18.6. The number of aromatic amines is 1. The topological polar surface area (TPSA) is 88.0 Å². The number of H-pyrrole nitrogens is 1. The highest BCUT2D eigenvalue weighted by molar-refractivity contribution is 6.31. The molecule has 0 bridgehead atoms. The predicted octanol–water partition coefficient (Wildman–Crippen LogP) is 3.59. The Morgan fingerprint density at radius 3 is 2.65 bits per heavy atom. The molecule has 0 amide bonds. The highest BCUT2D eigenvalue weighted by Crippen LogP contribution is 2.37. The third-order valence-electron chi connectivity index (χ3n) is 4.51. The molecule has 0 spiro atoms. The van der Waals surface area contributed by atoms with Crippen molar-refractivity contribution in [3.63, 3.8) is 0 Å². The third kappa shape index (κ3) is 2.46. The van der Waals surface area contributed by atoms with Gasteiger partial charge in [0.05, 0.1) is 5.39 Å². The molecular weight excluding hydrogens is 354 g/mol. The molecule has 0 aliphatic carbocycles. The number of carboxylic acids is 1. The van der Waals surface area contributed by atoms with E-state index in [1.165, 1.54) is 0 Å². The second-order valence-corrected chi connectivity index (χ2v) is 6.49. The van der Waals surface area contributed by atoms with E-state index in [0.29, 0.717) is 21.5 Å². The van der Waals surface area contributed by atoms with Crippen LogP contribution in [0.1, 0.15) is 5.69 Å². The smallest absolute Gasteiger partial charge is 0.323 e. The van der Waals surface area contributed by atoms with Gasteiger partial charge in [-0.3, -0.25) is 9.59 Å². The maximum Gasteiger partial charge on any atom is 0.323 e. The zero-order valence-corrected chi connectivity index (χ0v) is 14.5. The molecule has 130 valence electrons. The molecule has 0 aliphatic rings. The molecule has 0 unspecified atom stereocenters. The van der Waals surface area contributed by atoms with Crippen LogP contribution in [0.3, 0.4) is 0 Å². The van der Waals surface area contributed by atoms with Crippen LogP contribution < -0.4 is 5.56 Å². The van der Waals surface area contributed by atoms with Crippen molar-refractivity contribution in [1.29, 1.82) is 0 Å². The van der Waals surface area contributed by atoms with Crippen LogP contribution in [0.25, 0.3) is 32.9 Å². The van der Waals surface area contributed by atoms with Gasteiger partial charge >= 0.3 is 5.97 Å². The molecule has 2 heterocycles. The highest BCUT2D eigenvalue weighted by atomic mass is 35.5. The Morgan fingerprint density at radius 1 is 1.19 bits per heavy atom. The van der Waals surface area contributed by atoms with Crippen molar-refractivity contribution in [1.82, 2.24) is 14.8 Å². The number of halogens is 1. The fraction of sp³-hybridized carbons (Fsp3) is 0.105. The summed E-state index contributed by atoms with van der Waals surface area (Å²) < 4.78 is 1.71. The number of nitrogens with one attached hydrogen (secondary N) is 1.